The molecule has 0 amide bonds. The lowest BCUT2D eigenvalue weighted by Crippen LogP contribution is -2.20. The van der Waals surface area contributed by atoms with Crippen LogP contribution in [0.3, 0.4) is 0 Å². The summed E-state index contributed by atoms with van der Waals surface area (Å²) < 4.78 is 0. The van der Waals surface area contributed by atoms with E-state index in [1.165, 1.54) is 11.3 Å². The molecule has 0 saturated heterocycles. The van der Waals surface area contributed by atoms with Crippen LogP contribution in [0, 0.1) is 0 Å². The lowest BCUT2D eigenvalue weighted by atomic mass is 9.89. The molecule has 0 spiro atoms. The van der Waals surface area contributed by atoms with Gasteiger partial charge in [0, 0.05) is 35.5 Å². The molecular weight excluding hydrogens is 206 g/mol. The van der Waals surface area contributed by atoms with E-state index in [2.05, 4.69) is 42.5 Å². The molecule has 2 N–H and O–H groups in total. The minimum absolute atomic E-state index is 0.146. The Morgan fingerprint density at radius 2 is 2.20 bits per heavy atom. The van der Waals surface area contributed by atoms with Crippen LogP contribution in [0.15, 0.2) is 6.20 Å². The zero-order valence-corrected chi connectivity index (χ0v) is 10.9. The van der Waals surface area contributed by atoms with E-state index < -0.39 is 0 Å². The maximum atomic E-state index is 4.12. The number of nitrogens with zero attached hydrogens (tertiary/aromatic N) is 1. The third-order valence-electron chi connectivity index (χ3n) is 2.27. The second-order valence-corrected chi connectivity index (χ2v) is 5.68. The van der Waals surface area contributed by atoms with Gasteiger partial charge >= 0.3 is 0 Å². The minimum atomic E-state index is 0.146. The Hall–Kier alpha value is -0.480. The molecule has 3 nitrogen and oxygen atoms in total. The molecule has 0 atom stereocenters. The van der Waals surface area contributed by atoms with Crippen molar-refractivity contribution in [1.29, 1.82) is 0 Å². The summed E-state index contributed by atoms with van der Waals surface area (Å²) in [6.45, 7) is 8.56. The number of aromatic nitrogens is 2. The van der Waals surface area contributed by atoms with Gasteiger partial charge in [-0.2, -0.15) is 16.9 Å². The minimum Gasteiger partial charge on any atom is -0.312 e. The Morgan fingerprint density at radius 3 is 2.80 bits per heavy atom. The Balaban J connectivity index is 2.51. The van der Waals surface area contributed by atoms with Crippen molar-refractivity contribution >= 4 is 11.8 Å². The first-order valence-electron chi connectivity index (χ1n) is 5.28. The van der Waals surface area contributed by atoms with Crippen LogP contribution < -0.4 is 5.32 Å². The number of thioether (sulfide) groups is 1. The van der Waals surface area contributed by atoms with Crippen LogP contribution in [0.1, 0.15) is 32.0 Å². The summed E-state index contributed by atoms with van der Waals surface area (Å²) in [5.41, 5.74) is 2.66. The molecule has 1 rings (SSSR count). The summed E-state index contributed by atoms with van der Waals surface area (Å²) in [4.78, 5) is 0. The second kappa shape index (κ2) is 5.56. The van der Waals surface area contributed by atoms with E-state index in [1.807, 2.05) is 18.0 Å². The van der Waals surface area contributed by atoms with Crippen LogP contribution >= 0.6 is 11.8 Å². The molecule has 0 bridgehead atoms. The number of rotatable bonds is 5. The highest BCUT2D eigenvalue weighted by atomic mass is 32.2. The van der Waals surface area contributed by atoms with E-state index in [0.29, 0.717) is 0 Å². The molecule has 0 unspecified atom stereocenters. The second-order valence-electron chi connectivity index (χ2n) is 4.69. The van der Waals surface area contributed by atoms with Gasteiger partial charge in [0.1, 0.15) is 0 Å². The topological polar surface area (TPSA) is 40.7 Å². The van der Waals surface area contributed by atoms with Gasteiger partial charge in [-0.05, 0) is 6.26 Å². The molecular formula is C11H21N3S. The fraction of sp³-hybridized carbons (Fsp3) is 0.727. The third kappa shape index (κ3) is 3.87. The van der Waals surface area contributed by atoms with Gasteiger partial charge in [0.15, 0.2) is 0 Å². The van der Waals surface area contributed by atoms with Crippen molar-refractivity contribution < 1.29 is 0 Å². The average molecular weight is 227 g/mol. The summed E-state index contributed by atoms with van der Waals surface area (Å²) in [6, 6.07) is 0. The van der Waals surface area contributed by atoms with Gasteiger partial charge in [-0.25, -0.2) is 0 Å². The first kappa shape index (κ1) is 12.6. The van der Waals surface area contributed by atoms with Crippen molar-refractivity contribution in [2.75, 3.05) is 18.6 Å². The highest BCUT2D eigenvalue weighted by molar-refractivity contribution is 7.98. The maximum absolute atomic E-state index is 4.12. The van der Waals surface area contributed by atoms with Crippen molar-refractivity contribution in [3.05, 3.63) is 17.5 Å². The normalized spacial score (nSPS) is 12.0. The van der Waals surface area contributed by atoms with Crippen molar-refractivity contribution in [1.82, 2.24) is 15.5 Å². The molecule has 4 heteroatoms. The van der Waals surface area contributed by atoms with E-state index in [1.54, 1.807) is 0 Å². The number of hydrogen-bond donors (Lipinski definition) is 2. The van der Waals surface area contributed by atoms with Crippen LogP contribution in [0.2, 0.25) is 0 Å². The van der Waals surface area contributed by atoms with Crippen LogP contribution in [0.5, 0.6) is 0 Å². The molecule has 0 fully saturated rings. The highest BCUT2D eigenvalue weighted by Crippen LogP contribution is 2.22. The summed E-state index contributed by atoms with van der Waals surface area (Å²) in [7, 11) is 0. The molecule has 0 aliphatic carbocycles. The summed E-state index contributed by atoms with van der Waals surface area (Å²) in [5, 5.41) is 10.6. The number of aromatic amines is 1. The maximum Gasteiger partial charge on any atom is 0.0535 e. The highest BCUT2D eigenvalue weighted by Gasteiger charge is 2.19. The van der Waals surface area contributed by atoms with E-state index in [9.17, 15) is 0 Å². The molecule has 0 saturated carbocycles. The standard InChI is InChI=1S/C11H21N3S/c1-11(2,3)10-9(8-13-14-10)7-12-5-6-15-4/h8,12H,5-7H2,1-4H3,(H,13,14). The summed E-state index contributed by atoms with van der Waals surface area (Å²) >= 11 is 1.86. The van der Waals surface area contributed by atoms with Gasteiger partial charge in [-0.15, -0.1) is 0 Å². The molecule has 15 heavy (non-hydrogen) atoms. The molecule has 0 aliphatic heterocycles. The van der Waals surface area contributed by atoms with Crippen LogP contribution in [0.4, 0.5) is 0 Å². The Bertz CT molecular complexity index is 288. The average Bonchev–Trinajstić information content (AvgIpc) is 2.59. The smallest absolute Gasteiger partial charge is 0.0535 e. The van der Waals surface area contributed by atoms with Gasteiger partial charge in [0.25, 0.3) is 0 Å². The molecule has 1 aromatic heterocycles. The SMILES string of the molecule is CSCCNCc1cn[nH]c1C(C)(C)C. The van der Waals surface area contributed by atoms with Crippen molar-refractivity contribution in [3.63, 3.8) is 0 Å². The van der Waals surface area contributed by atoms with Crippen LogP contribution in [0.25, 0.3) is 0 Å². The fourth-order valence-corrected chi connectivity index (χ4v) is 1.84. The van der Waals surface area contributed by atoms with Crippen molar-refractivity contribution in [2.45, 2.75) is 32.7 Å². The van der Waals surface area contributed by atoms with E-state index in [-0.39, 0.29) is 5.41 Å². The van der Waals surface area contributed by atoms with Gasteiger partial charge in [0.05, 0.1) is 6.20 Å². The molecule has 0 radical (unpaired) electrons. The monoisotopic (exact) mass is 227 g/mol. The molecule has 0 aliphatic rings. The Morgan fingerprint density at radius 1 is 1.47 bits per heavy atom. The number of H-pyrrole nitrogens is 1. The van der Waals surface area contributed by atoms with Crippen molar-refractivity contribution in [3.8, 4) is 0 Å². The summed E-state index contributed by atoms with van der Waals surface area (Å²) in [6.07, 6.45) is 4.05. The Labute approximate surface area is 96.4 Å². The van der Waals surface area contributed by atoms with Gasteiger partial charge in [0.2, 0.25) is 0 Å². The number of hydrogen-bond acceptors (Lipinski definition) is 3. The Kier molecular flexibility index (Phi) is 4.67. The molecule has 86 valence electrons. The zero-order chi connectivity index (χ0) is 11.3. The quantitative estimate of drug-likeness (QED) is 0.757. The summed E-state index contributed by atoms with van der Waals surface area (Å²) in [5.74, 6) is 1.16. The van der Waals surface area contributed by atoms with Crippen LogP contribution in [-0.2, 0) is 12.0 Å². The van der Waals surface area contributed by atoms with Crippen molar-refractivity contribution in [2.24, 2.45) is 0 Å². The largest absolute Gasteiger partial charge is 0.312 e. The lowest BCUT2D eigenvalue weighted by molar-refractivity contribution is 0.555. The zero-order valence-electron chi connectivity index (χ0n) is 10.1. The fourth-order valence-electron chi connectivity index (χ4n) is 1.49. The first-order chi connectivity index (χ1) is 7.05. The predicted molar refractivity (Wildman–Crippen MR) is 67.4 cm³/mol. The van der Waals surface area contributed by atoms with E-state index in [0.717, 1.165) is 18.8 Å². The number of nitrogens with one attached hydrogen (secondary N) is 2. The molecule has 0 aromatic carbocycles. The first-order valence-corrected chi connectivity index (χ1v) is 6.67. The van der Waals surface area contributed by atoms with E-state index >= 15 is 0 Å². The van der Waals surface area contributed by atoms with Crippen LogP contribution in [-0.4, -0.2) is 28.8 Å². The molecule has 1 heterocycles. The van der Waals surface area contributed by atoms with E-state index in [4.69, 9.17) is 0 Å². The van der Waals surface area contributed by atoms with Gasteiger partial charge in [-0.1, -0.05) is 20.8 Å². The lowest BCUT2D eigenvalue weighted by Gasteiger charge is -2.18. The molecule has 1 aromatic rings. The predicted octanol–water partition coefficient (Wildman–Crippen LogP) is 2.16. The van der Waals surface area contributed by atoms with Gasteiger partial charge in [-0.3, -0.25) is 5.10 Å². The van der Waals surface area contributed by atoms with Gasteiger partial charge < -0.3 is 5.32 Å². The third-order valence-corrected chi connectivity index (χ3v) is 2.88.